The summed E-state index contributed by atoms with van der Waals surface area (Å²) in [7, 11) is 0. The normalized spacial score (nSPS) is 14.7. The molecule has 0 atom stereocenters. The number of ether oxygens (including phenoxy) is 1. The molecule has 0 bridgehead atoms. The number of hydrogen-bond donors (Lipinski definition) is 0. The van der Waals surface area contributed by atoms with Gasteiger partial charge in [0.1, 0.15) is 11.4 Å². The molecule has 0 aliphatic carbocycles. The summed E-state index contributed by atoms with van der Waals surface area (Å²) in [6, 6.07) is 13.1. The second-order valence-corrected chi connectivity index (χ2v) is 6.88. The number of rotatable bonds is 6. The number of benzene rings is 2. The van der Waals surface area contributed by atoms with E-state index in [4.69, 9.17) is 4.74 Å². The number of aryl methyl sites for hydroxylation is 2. The first-order valence-electron chi connectivity index (χ1n) is 9.06. The minimum Gasteiger partial charge on any atom is -0.481 e. The lowest BCUT2D eigenvalue weighted by atomic mass is 9.78. The Morgan fingerprint density at radius 3 is 2.04 bits per heavy atom. The summed E-state index contributed by atoms with van der Waals surface area (Å²) in [6.07, 6.45) is 13.4. The molecule has 2 aromatic carbocycles. The van der Waals surface area contributed by atoms with Gasteiger partial charge in [-0.05, 0) is 31.0 Å². The van der Waals surface area contributed by atoms with Crippen LogP contribution in [0.15, 0.2) is 86.0 Å². The highest BCUT2D eigenvalue weighted by molar-refractivity contribution is 5.77. The van der Waals surface area contributed by atoms with Crippen LogP contribution in [-0.4, -0.2) is 0 Å². The molecular weight excluding hydrogens is 316 g/mol. The van der Waals surface area contributed by atoms with Crippen LogP contribution in [0.5, 0.6) is 5.75 Å². The average molecular weight is 342 g/mol. The molecular formula is C25H26O. The lowest BCUT2D eigenvalue weighted by Gasteiger charge is -2.40. The van der Waals surface area contributed by atoms with Crippen molar-refractivity contribution in [2.24, 2.45) is 0 Å². The highest BCUT2D eigenvalue weighted by atomic mass is 16.5. The molecule has 0 amide bonds. The van der Waals surface area contributed by atoms with E-state index in [1.807, 2.05) is 24.3 Å². The lowest BCUT2D eigenvalue weighted by Crippen LogP contribution is -2.35. The van der Waals surface area contributed by atoms with Gasteiger partial charge in [-0.25, -0.2) is 0 Å². The molecule has 3 rings (SSSR count). The number of fused-ring (bicyclic) bond motifs is 3. The molecule has 132 valence electrons. The minimum atomic E-state index is -0.429. The van der Waals surface area contributed by atoms with Gasteiger partial charge in [0.05, 0.1) is 0 Å². The summed E-state index contributed by atoms with van der Waals surface area (Å²) in [5.74, 6) is 0.959. The van der Waals surface area contributed by atoms with Gasteiger partial charge in [-0.3, -0.25) is 0 Å². The summed E-state index contributed by atoms with van der Waals surface area (Å²) in [4.78, 5) is 0. The number of allylic oxidation sites excluding steroid dienone is 4. The van der Waals surface area contributed by atoms with Gasteiger partial charge in [0.25, 0.3) is 0 Å². The summed E-state index contributed by atoms with van der Waals surface area (Å²) >= 11 is 0. The molecule has 1 heterocycles. The van der Waals surface area contributed by atoms with E-state index in [9.17, 15) is 0 Å². The SMILES string of the molecule is C=C/C=C/CC1(C/C=C/C=C)Oc2cc(C)ccc2-c2ccc(C)cc21. The summed E-state index contributed by atoms with van der Waals surface area (Å²) in [5.41, 5.74) is 5.69. The second kappa shape index (κ2) is 7.61. The predicted molar refractivity (Wildman–Crippen MR) is 112 cm³/mol. The second-order valence-electron chi connectivity index (χ2n) is 6.88. The Bertz CT molecular complexity index is 863. The highest BCUT2D eigenvalue weighted by Crippen LogP contribution is 2.49. The smallest absolute Gasteiger partial charge is 0.141 e. The highest BCUT2D eigenvalue weighted by Gasteiger charge is 2.39. The van der Waals surface area contributed by atoms with Crippen LogP contribution >= 0.6 is 0 Å². The van der Waals surface area contributed by atoms with Crippen LogP contribution in [-0.2, 0) is 5.60 Å². The molecule has 0 saturated carbocycles. The van der Waals surface area contributed by atoms with Crippen molar-refractivity contribution >= 4 is 0 Å². The van der Waals surface area contributed by atoms with Crippen molar-refractivity contribution in [1.82, 2.24) is 0 Å². The maximum Gasteiger partial charge on any atom is 0.141 e. The lowest BCUT2D eigenvalue weighted by molar-refractivity contribution is 0.0693. The molecule has 0 spiro atoms. The Morgan fingerprint density at radius 1 is 0.846 bits per heavy atom. The molecule has 0 fully saturated rings. The van der Waals surface area contributed by atoms with E-state index in [0.717, 1.165) is 18.6 Å². The Balaban J connectivity index is 2.20. The maximum absolute atomic E-state index is 6.70. The van der Waals surface area contributed by atoms with E-state index in [2.05, 4.69) is 75.6 Å². The molecule has 1 heteroatoms. The molecule has 0 aromatic heterocycles. The molecule has 1 nitrogen and oxygen atoms in total. The van der Waals surface area contributed by atoms with Crippen molar-refractivity contribution in [3.63, 3.8) is 0 Å². The zero-order valence-corrected chi connectivity index (χ0v) is 15.7. The van der Waals surface area contributed by atoms with Gasteiger partial charge >= 0.3 is 0 Å². The van der Waals surface area contributed by atoms with Gasteiger partial charge in [0, 0.05) is 24.0 Å². The van der Waals surface area contributed by atoms with Crippen LogP contribution in [0.3, 0.4) is 0 Å². The van der Waals surface area contributed by atoms with Crippen molar-refractivity contribution in [1.29, 1.82) is 0 Å². The third-order valence-corrected chi connectivity index (χ3v) is 4.84. The zero-order valence-electron chi connectivity index (χ0n) is 15.7. The van der Waals surface area contributed by atoms with Crippen LogP contribution in [0.1, 0.15) is 29.5 Å². The third kappa shape index (κ3) is 3.43. The largest absolute Gasteiger partial charge is 0.481 e. The van der Waals surface area contributed by atoms with Crippen LogP contribution in [0, 0.1) is 13.8 Å². The molecule has 2 aromatic rings. The van der Waals surface area contributed by atoms with Crippen molar-refractivity contribution in [3.8, 4) is 16.9 Å². The van der Waals surface area contributed by atoms with E-state index in [-0.39, 0.29) is 0 Å². The molecule has 0 saturated heterocycles. The first kappa shape index (κ1) is 18.0. The standard InChI is InChI=1S/C25H26O/c1-5-7-9-15-25(16-10-8-6-2)23-17-19(3)11-13-21(23)22-14-12-20(4)18-24(22)26-25/h5-14,17-18H,1-2,15-16H2,3-4H3/b9-7+,10-8+. The predicted octanol–water partition coefficient (Wildman–Crippen LogP) is 6.82. The maximum atomic E-state index is 6.70. The quantitative estimate of drug-likeness (QED) is 0.523. The Morgan fingerprint density at radius 2 is 1.42 bits per heavy atom. The fraction of sp³-hybridized carbons (Fsp3) is 0.200. The Labute approximate surface area is 157 Å². The van der Waals surface area contributed by atoms with Crippen LogP contribution in [0.4, 0.5) is 0 Å². The van der Waals surface area contributed by atoms with Crippen LogP contribution in [0.25, 0.3) is 11.1 Å². The van der Waals surface area contributed by atoms with Crippen molar-refractivity contribution in [2.45, 2.75) is 32.3 Å². The monoisotopic (exact) mass is 342 g/mol. The van der Waals surface area contributed by atoms with E-state index in [1.165, 1.54) is 27.8 Å². The summed E-state index contributed by atoms with van der Waals surface area (Å²) in [5, 5.41) is 0. The van der Waals surface area contributed by atoms with Gasteiger partial charge in [-0.2, -0.15) is 0 Å². The molecule has 26 heavy (non-hydrogen) atoms. The van der Waals surface area contributed by atoms with Crippen molar-refractivity contribution < 1.29 is 4.74 Å². The van der Waals surface area contributed by atoms with Gasteiger partial charge in [0.15, 0.2) is 0 Å². The number of hydrogen-bond acceptors (Lipinski definition) is 1. The van der Waals surface area contributed by atoms with E-state index >= 15 is 0 Å². The van der Waals surface area contributed by atoms with Gasteiger partial charge in [-0.15, -0.1) is 0 Å². The Hall–Kier alpha value is -2.80. The van der Waals surface area contributed by atoms with Crippen molar-refractivity contribution in [2.75, 3.05) is 0 Å². The van der Waals surface area contributed by atoms with Crippen molar-refractivity contribution in [3.05, 3.63) is 103 Å². The third-order valence-electron chi connectivity index (χ3n) is 4.84. The molecule has 0 radical (unpaired) electrons. The zero-order chi connectivity index (χ0) is 18.6. The summed E-state index contributed by atoms with van der Waals surface area (Å²) < 4.78 is 6.70. The molecule has 1 aliphatic rings. The fourth-order valence-corrected chi connectivity index (χ4v) is 3.57. The van der Waals surface area contributed by atoms with Crippen LogP contribution in [0.2, 0.25) is 0 Å². The van der Waals surface area contributed by atoms with E-state index < -0.39 is 5.60 Å². The first-order valence-corrected chi connectivity index (χ1v) is 9.06. The van der Waals surface area contributed by atoms with Gasteiger partial charge in [-0.1, -0.05) is 85.5 Å². The van der Waals surface area contributed by atoms with Gasteiger partial charge < -0.3 is 4.74 Å². The van der Waals surface area contributed by atoms with Crippen LogP contribution < -0.4 is 4.74 Å². The van der Waals surface area contributed by atoms with E-state index in [0.29, 0.717) is 0 Å². The van der Waals surface area contributed by atoms with Gasteiger partial charge in [0.2, 0.25) is 0 Å². The first-order chi connectivity index (χ1) is 12.6. The molecule has 0 unspecified atom stereocenters. The topological polar surface area (TPSA) is 9.23 Å². The molecule has 0 N–H and O–H groups in total. The fourth-order valence-electron chi connectivity index (χ4n) is 3.57. The average Bonchev–Trinajstić information content (AvgIpc) is 2.62. The minimum absolute atomic E-state index is 0.429. The molecule has 1 aliphatic heterocycles. The summed E-state index contributed by atoms with van der Waals surface area (Å²) in [6.45, 7) is 11.8. The Kier molecular flexibility index (Phi) is 5.27. The van der Waals surface area contributed by atoms with E-state index in [1.54, 1.807) is 0 Å².